The molecular weight excluding hydrogens is 376 g/mol. The van der Waals surface area contributed by atoms with Crippen LogP contribution in [0.25, 0.3) is 0 Å². The minimum atomic E-state index is -1.15. The molecule has 7 heteroatoms. The van der Waals surface area contributed by atoms with Gasteiger partial charge in [-0.2, -0.15) is 0 Å². The van der Waals surface area contributed by atoms with Crippen LogP contribution in [0.1, 0.15) is 90.9 Å². The second-order valence-corrected chi connectivity index (χ2v) is 7.48. The summed E-state index contributed by atoms with van der Waals surface area (Å²) >= 11 is 0. The van der Waals surface area contributed by atoms with Gasteiger partial charge in [0, 0.05) is 6.92 Å². The van der Waals surface area contributed by atoms with Gasteiger partial charge in [-0.1, -0.05) is 77.6 Å². The number of ether oxygens (including phenoxy) is 3. The highest BCUT2D eigenvalue weighted by atomic mass is 16.6. The molecule has 0 radical (unpaired) electrons. The van der Waals surface area contributed by atoms with Crippen molar-refractivity contribution in [3.8, 4) is 0 Å². The van der Waals surface area contributed by atoms with Gasteiger partial charge in [0.25, 0.3) is 0 Å². The Morgan fingerprint density at radius 2 is 1.41 bits per heavy atom. The van der Waals surface area contributed by atoms with Crippen LogP contribution >= 0.6 is 0 Å². The molecule has 1 aliphatic rings. The zero-order chi connectivity index (χ0) is 21.5. The molecule has 1 N–H and O–H groups in total. The molecule has 0 bridgehead atoms. The third-order valence-corrected chi connectivity index (χ3v) is 4.89. The summed E-state index contributed by atoms with van der Waals surface area (Å²) in [6.07, 6.45) is 13.3. The summed E-state index contributed by atoms with van der Waals surface area (Å²) in [6.45, 7) is 3.28. The molecular formula is C22H36O7. The second-order valence-electron chi connectivity index (χ2n) is 7.48. The van der Waals surface area contributed by atoms with E-state index in [0.29, 0.717) is 6.42 Å². The number of hydrogen-bond donors (Lipinski definition) is 1. The van der Waals surface area contributed by atoms with E-state index in [1.165, 1.54) is 64.7 Å². The van der Waals surface area contributed by atoms with Crippen LogP contribution in [0, 0.1) is 0 Å². The van der Waals surface area contributed by atoms with Gasteiger partial charge in [-0.25, -0.2) is 9.59 Å². The van der Waals surface area contributed by atoms with Crippen molar-refractivity contribution in [1.82, 2.24) is 0 Å². The molecule has 1 rings (SSSR count). The number of esters is 3. The number of carbonyl (C=O) groups excluding carboxylic acids is 3. The Morgan fingerprint density at radius 1 is 0.897 bits per heavy atom. The maximum absolute atomic E-state index is 12.0. The van der Waals surface area contributed by atoms with Gasteiger partial charge < -0.3 is 19.3 Å². The maximum Gasteiger partial charge on any atom is 0.350 e. The SMILES string of the molecule is CCCCCCCCCCCCCCOC(=O)C1=C(O)[C@@H](COC(C)=O)OC1=O. The Kier molecular flexibility index (Phi) is 12.8. The van der Waals surface area contributed by atoms with Gasteiger partial charge in [0.05, 0.1) is 6.61 Å². The van der Waals surface area contributed by atoms with E-state index in [0.717, 1.165) is 12.8 Å². The van der Waals surface area contributed by atoms with E-state index >= 15 is 0 Å². The Hall–Kier alpha value is -2.05. The summed E-state index contributed by atoms with van der Waals surface area (Å²) in [4.78, 5) is 34.5. The van der Waals surface area contributed by atoms with Gasteiger partial charge in [0.15, 0.2) is 17.4 Å². The zero-order valence-electron chi connectivity index (χ0n) is 17.9. The predicted octanol–water partition coefficient (Wildman–Crippen LogP) is 4.53. The molecule has 29 heavy (non-hydrogen) atoms. The van der Waals surface area contributed by atoms with Crippen molar-refractivity contribution in [3.05, 3.63) is 11.3 Å². The Bertz CT molecular complexity index is 553. The van der Waals surface area contributed by atoms with Crippen LogP contribution in [0.2, 0.25) is 0 Å². The van der Waals surface area contributed by atoms with E-state index in [1.807, 2.05) is 0 Å². The van der Waals surface area contributed by atoms with Crippen molar-refractivity contribution >= 4 is 17.9 Å². The third kappa shape index (κ3) is 10.3. The van der Waals surface area contributed by atoms with Crippen molar-refractivity contribution < 1.29 is 33.7 Å². The van der Waals surface area contributed by atoms with Crippen molar-refractivity contribution in [2.24, 2.45) is 0 Å². The zero-order valence-corrected chi connectivity index (χ0v) is 17.9. The lowest BCUT2D eigenvalue weighted by molar-refractivity contribution is -0.153. The molecule has 0 aromatic rings. The summed E-state index contributed by atoms with van der Waals surface area (Å²) in [5.41, 5.74) is -0.513. The smallest absolute Gasteiger partial charge is 0.350 e. The molecule has 0 unspecified atom stereocenters. The van der Waals surface area contributed by atoms with E-state index in [1.54, 1.807) is 0 Å². The quantitative estimate of drug-likeness (QED) is 0.172. The third-order valence-electron chi connectivity index (χ3n) is 4.89. The van der Waals surface area contributed by atoms with E-state index in [-0.39, 0.29) is 13.2 Å². The van der Waals surface area contributed by atoms with E-state index in [9.17, 15) is 19.5 Å². The molecule has 0 saturated carbocycles. The molecule has 0 saturated heterocycles. The van der Waals surface area contributed by atoms with Crippen LogP contribution < -0.4 is 0 Å². The molecule has 0 aromatic carbocycles. The molecule has 1 aliphatic heterocycles. The minimum Gasteiger partial charge on any atom is -0.507 e. The van der Waals surface area contributed by atoms with Crippen LogP contribution in [0.5, 0.6) is 0 Å². The lowest BCUT2D eigenvalue weighted by atomic mass is 10.1. The van der Waals surface area contributed by atoms with Gasteiger partial charge in [0.1, 0.15) is 6.61 Å². The molecule has 0 amide bonds. The number of cyclic esters (lactones) is 1. The van der Waals surface area contributed by atoms with Gasteiger partial charge in [-0.15, -0.1) is 0 Å². The molecule has 0 spiro atoms. The second kappa shape index (κ2) is 14.9. The number of aliphatic hydroxyl groups is 1. The minimum absolute atomic E-state index is 0.189. The molecule has 0 aliphatic carbocycles. The monoisotopic (exact) mass is 412 g/mol. The highest BCUT2D eigenvalue weighted by Crippen LogP contribution is 2.22. The summed E-state index contributed by atoms with van der Waals surface area (Å²) in [5, 5.41) is 9.95. The van der Waals surface area contributed by atoms with Crippen LogP contribution in [-0.2, 0) is 28.6 Å². The fourth-order valence-electron chi connectivity index (χ4n) is 3.18. The molecule has 1 atom stereocenters. The Balaban J connectivity index is 2.09. The predicted molar refractivity (Wildman–Crippen MR) is 108 cm³/mol. The van der Waals surface area contributed by atoms with Gasteiger partial charge in [-0.05, 0) is 6.42 Å². The van der Waals surface area contributed by atoms with E-state index < -0.39 is 35.3 Å². The van der Waals surface area contributed by atoms with E-state index in [2.05, 4.69) is 6.92 Å². The average molecular weight is 413 g/mol. The Morgan fingerprint density at radius 3 is 1.93 bits per heavy atom. The van der Waals surface area contributed by atoms with Crippen molar-refractivity contribution in [3.63, 3.8) is 0 Å². The van der Waals surface area contributed by atoms with Gasteiger partial charge in [0.2, 0.25) is 0 Å². The molecule has 1 heterocycles. The first kappa shape index (κ1) is 25.0. The molecule has 7 nitrogen and oxygen atoms in total. The van der Waals surface area contributed by atoms with Gasteiger partial charge in [-0.3, -0.25) is 4.79 Å². The van der Waals surface area contributed by atoms with Crippen LogP contribution in [0.4, 0.5) is 0 Å². The van der Waals surface area contributed by atoms with Crippen molar-refractivity contribution in [1.29, 1.82) is 0 Å². The number of aliphatic hydroxyl groups excluding tert-OH is 1. The van der Waals surface area contributed by atoms with Crippen molar-refractivity contribution in [2.75, 3.05) is 13.2 Å². The highest BCUT2D eigenvalue weighted by molar-refractivity contribution is 6.16. The fourth-order valence-corrected chi connectivity index (χ4v) is 3.18. The first-order chi connectivity index (χ1) is 14.0. The number of hydrogen-bond acceptors (Lipinski definition) is 7. The number of rotatable bonds is 16. The normalized spacial score (nSPS) is 16.1. The number of carbonyl (C=O) groups is 3. The fraction of sp³-hybridized carbons (Fsp3) is 0.773. The summed E-state index contributed by atoms with van der Waals surface area (Å²) in [7, 11) is 0. The average Bonchev–Trinajstić information content (AvgIpc) is 2.97. The molecule has 0 fully saturated rings. The summed E-state index contributed by atoms with van der Waals surface area (Å²) < 4.78 is 14.6. The van der Waals surface area contributed by atoms with Crippen LogP contribution in [0.15, 0.2) is 11.3 Å². The summed E-state index contributed by atoms with van der Waals surface area (Å²) in [5.74, 6) is -2.98. The molecule has 0 aromatic heterocycles. The first-order valence-corrected chi connectivity index (χ1v) is 10.9. The standard InChI is InChI=1S/C22H36O7/c1-3-4-5-6-7-8-9-10-11-12-13-14-15-27-21(25)19-20(24)18(29-22(19)26)16-28-17(2)23/h18,24H,3-16H2,1-2H3/t18-/m1/s1. The lowest BCUT2D eigenvalue weighted by Gasteiger charge is -2.09. The lowest BCUT2D eigenvalue weighted by Crippen LogP contribution is -2.20. The highest BCUT2D eigenvalue weighted by Gasteiger charge is 2.40. The first-order valence-electron chi connectivity index (χ1n) is 10.9. The largest absolute Gasteiger partial charge is 0.507 e. The number of unbranched alkanes of at least 4 members (excludes halogenated alkanes) is 11. The maximum atomic E-state index is 12.0. The van der Waals surface area contributed by atoms with Gasteiger partial charge >= 0.3 is 17.9 Å². The topological polar surface area (TPSA) is 99.1 Å². The molecule has 166 valence electrons. The van der Waals surface area contributed by atoms with Crippen molar-refractivity contribution in [2.45, 2.75) is 97.0 Å². The van der Waals surface area contributed by atoms with Crippen LogP contribution in [-0.4, -0.2) is 42.3 Å². The van der Waals surface area contributed by atoms with E-state index in [4.69, 9.17) is 14.2 Å². The Labute approximate surface area is 173 Å². The van der Waals surface area contributed by atoms with Crippen LogP contribution in [0.3, 0.4) is 0 Å². The summed E-state index contributed by atoms with van der Waals surface area (Å²) in [6, 6.07) is 0.